The molecular formula is C16H18N4O. The number of hydrogen-bond donors (Lipinski definition) is 2. The van der Waals surface area contributed by atoms with Crippen LogP contribution < -0.4 is 5.32 Å². The third-order valence-electron chi connectivity index (χ3n) is 4.01. The molecule has 1 fully saturated rings. The number of nitrogens with one attached hydrogen (secondary N) is 2. The van der Waals surface area contributed by atoms with Gasteiger partial charge in [0.25, 0.3) is 0 Å². The van der Waals surface area contributed by atoms with Gasteiger partial charge in [0.05, 0.1) is 23.9 Å². The molecule has 1 amide bonds. The monoisotopic (exact) mass is 282 g/mol. The van der Waals surface area contributed by atoms with Crippen LogP contribution in [0.4, 0.5) is 5.69 Å². The van der Waals surface area contributed by atoms with Crippen molar-refractivity contribution in [2.75, 3.05) is 25.0 Å². The third-order valence-corrected chi connectivity index (χ3v) is 4.01. The third kappa shape index (κ3) is 2.91. The fourth-order valence-electron chi connectivity index (χ4n) is 2.79. The van der Waals surface area contributed by atoms with Crippen LogP contribution in [0.2, 0.25) is 0 Å². The van der Waals surface area contributed by atoms with Crippen molar-refractivity contribution in [1.82, 2.24) is 15.1 Å². The van der Waals surface area contributed by atoms with Gasteiger partial charge in [-0.3, -0.25) is 14.8 Å². The number of benzene rings is 1. The fourth-order valence-corrected chi connectivity index (χ4v) is 2.79. The predicted molar refractivity (Wildman–Crippen MR) is 82.7 cm³/mol. The topological polar surface area (TPSA) is 61.0 Å². The zero-order valence-electron chi connectivity index (χ0n) is 11.8. The maximum absolute atomic E-state index is 12.4. The first-order chi connectivity index (χ1) is 10.3. The first-order valence-electron chi connectivity index (χ1n) is 7.16. The summed E-state index contributed by atoms with van der Waals surface area (Å²) in [5.41, 5.74) is 1.66. The van der Waals surface area contributed by atoms with Crippen LogP contribution in [0.5, 0.6) is 0 Å². The number of carbonyl (C=O) groups is 1. The second-order valence-corrected chi connectivity index (χ2v) is 5.38. The fraction of sp³-hybridized carbons (Fsp3) is 0.375. The van der Waals surface area contributed by atoms with Crippen molar-refractivity contribution in [3.63, 3.8) is 0 Å². The number of nitrogens with zero attached hydrogens (tertiary/aromatic N) is 2. The van der Waals surface area contributed by atoms with Crippen LogP contribution in [0.15, 0.2) is 24.4 Å². The molecule has 1 aromatic carbocycles. The van der Waals surface area contributed by atoms with E-state index in [1.54, 1.807) is 6.20 Å². The summed E-state index contributed by atoms with van der Waals surface area (Å²) in [7, 11) is 0. The number of hydrogen-bond acceptors (Lipinski definition) is 3. The van der Waals surface area contributed by atoms with E-state index >= 15 is 0 Å². The Morgan fingerprint density at radius 2 is 2.29 bits per heavy atom. The average Bonchev–Trinajstić information content (AvgIpc) is 2.98. The van der Waals surface area contributed by atoms with Crippen molar-refractivity contribution in [2.45, 2.75) is 12.8 Å². The van der Waals surface area contributed by atoms with Crippen LogP contribution >= 0.6 is 0 Å². The summed E-state index contributed by atoms with van der Waals surface area (Å²) < 4.78 is 0. The molecule has 1 aromatic heterocycles. The number of terminal acetylenes is 1. The Morgan fingerprint density at radius 3 is 3.05 bits per heavy atom. The van der Waals surface area contributed by atoms with Crippen molar-refractivity contribution in [3.05, 3.63) is 24.4 Å². The second kappa shape index (κ2) is 5.98. The molecule has 0 spiro atoms. The molecule has 5 heteroatoms. The van der Waals surface area contributed by atoms with E-state index in [9.17, 15) is 4.79 Å². The van der Waals surface area contributed by atoms with E-state index in [-0.39, 0.29) is 11.8 Å². The Hall–Kier alpha value is -2.32. The summed E-state index contributed by atoms with van der Waals surface area (Å²) in [5.74, 6) is 2.79. The van der Waals surface area contributed by atoms with Crippen molar-refractivity contribution in [2.24, 2.45) is 5.92 Å². The lowest BCUT2D eigenvalue weighted by molar-refractivity contribution is -0.121. The van der Waals surface area contributed by atoms with Gasteiger partial charge in [-0.2, -0.15) is 5.10 Å². The molecule has 1 aliphatic heterocycles. The summed E-state index contributed by atoms with van der Waals surface area (Å²) in [6.45, 7) is 2.44. The van der Waals surface area contributed by atoms with Crippen molar-refractivity contribution < 1.29 is 4.79 Å². The quantitative estimate of drug-likeness (QED) is 0.845. The van der Waals surface area contributed by atoms with Gasteiger partial charge in [0, 0.05) is 11.3 Å². The van der Waals surface area contributed by atoms with Crippen LogP contribution in [0.1, 0.15) is 12.8 Å². The standard InChI is InChI=1S/C16H18N4O/c1-2-8-20-9-6-12(7-10-20)16(21)18-14-5-3-4-13-11-17-19-15(13)14/h1,3-5,11-12H,6-10H2,(H,17,19)(H,18,21). The first kappa shape index (κ1) is 13.7. The molecule has 3 rings (SSSR count). The van der Waals surface area contributed by atoms with E-state index in [0.29, 0.717) is 6.54 Å². The minimum absolute atomic E-state index is 0.0530. The van der Waals surface area contributed by atoms with Crippen molar-refractivity contribution >= 4 is 22.5 Å². The Bertz CT molecular complexity index is 677. The van der Waals surface area contributed by atoms with Crippen LogP contribution in [-0.2, 0) is 4.79 Å². The number of rotatable bonds is 3. The molecule has 21 heavy (non-hydrogen) atoms. The molecule has 1 saturated heterocycles. The molecule has 0 bridgehead atoms. The Morgan fingerprint density at radius 1 is 1.48 bits per heavy atom. The van der Waals surface area contributed by atoms with Gasteiger partial charge in [0.15, 0.2) is 0 Å². The predicted octanol–water partition coefficient (Wildman–Crippen LogP) is 1.85. The maximum atomic E-state index is 12.4. The maximum Gasteiger partial charge on any atom is 0.227 e. The van der Waals surface area contributed by atoms with Crippen LogP contribution in [0, 0.1) is 18.3 Å². The number of likely N-dealkylation sites (tertiary alicyclic amines) is 1. The highest BCUT2D eigenvalue weighted by Gasteiger charge is 2.24. The highest BCUT2D eigenvalue weighted by atomic mass is 16.1. The molecule has 2 aromatic rings. The number of aromatic amines is 1. The van der Waals surface area contributed by atoms with Crippen molar-refractivity contribution in [3.8, 4) is 12.3 Å². The highest BCUT2D eigenvalue weighted by molar-refractivity contribution is 6.00. The van der Waals surface area contributed by atoms with Crippen LogP contribution in [0.25, 0.3) is 10.9 Å². The molecule has 0 atom stereocenters. The normalized spacial score (nSPS) is 16.7. The minimum Gasteiger partial charge on any atom is -0.324 e. The van der Waals surface area contributed by atoms with Crippen molar-refractivity contribution in [1.29, 1.82) is 0 Å². The molecule has 2 heterocycles. The van der Waals surface area contributed by atoms with Gasteiger partial charge in [-0.15, -0.1) is 6.42 Å². The zero-order chi connectivity index (χ0) is 14.7. The van der Waals surface area contributed by atoms with E-state index in [1.807, 2.05) is 18.2 Å². The van der Waals surface area contributed by atoms with Gasteiger partial charge < -0.3 is 5.32 Å². The van der Waals surface area contributed by atoms with Gasteiger partial charge in [-0.1, -0.05) is 18.1 Å². The number of amides is 1. The molecule has 1 aliphatic rings. The molecule has 0 radical (unpaired) electrons. The van der Waals surface area contributed by atoms with Gasteiger partial charge in [-0.25, -0.2) is 0 Å². The van der Waals surface area contributed by atoms with E-state index in [0.717, 1.165) is 42.5 Å². The number of para-hydroxylation sites is 1. The lowest BCUT2D eigenvalue weighted by Gasteiger charge is -2.29. The summed E-state index contributed by atoms with van der Waals surface area (Å²) in [6.07, 6.45) is 8.78. The van der Waals surface area contributed by atoms with E-state index in [2.05, 4.69) is 26.3 Å². The second-order valence-electron chi connectivity index (χ2n) is 5.38. The molecule has 2 N–H and O–H groups in total. The average molecular weight is 282 g/mol. The Labute approximate surface area is 123 Å². The highest BCUT2D eigenvalue weighted by Crippen LogP contribution is 2.23. The number of anilines is 1. The van der Waals surface area contributed by atoms with E-state index in [1.165, 1.54) is 0 Å². The Balaban J connectivity index is 1.65. The Kier molecular flexibility index (Phi) is 3.89. The van der Waals surface area contributed by atoms with Gasteiger partial charge in [0.2, 0.25) is 5.91 Å². The molecule has 0 saturated carbocycles. The number of aromatic nitrogens is 2. The zero-order valence-corrected chi connectivity index (χ0v) is 11.8. The molecule has 108 valence electrons. The number of fused-ring (bicyclic) bond motifs is 1. The number of piperidine rings is 1. The number of H-pyrrole nitrogens is 1. The van der Waals surface area contributed by atoms with Gasteiger partial charge in [-0.05, 0) is 32.0 Å². The van der Waals surface area contributed by atoms with Crippen LogP contribution in [-0.4, -0.2) is 40.6 Å². The van der Waals surface area contributed by atoms with Gasteiger partial charge in [0.1, 0.15) is 0 Å². The molecule has 0 unspecified atom stereocenters. The number of carbonyl (C=O) groups excluding carboxylic acids is 1. The largest absolute Gasteiger partial charge is 0.324 e. The van der Waals surface area contributed by atoms with E-state index < -0.39 is 0 Å². The van der Waals surface area contributed by atoms with Crippen LogP contribution in [0.3, 0.4) is 0 Å². The minimum atomic E-state index is 0.0530. The molecule has 0 aliphatic carbocycles. The molecular weight excluding hydrogens is 264 g/mol. The molecule has 5 nitrogen and oxygen atoms in total. The summed E-state index contributed by atoms with van der Waals surface area (Å²) in [6, 6.07) is 5.78. The first-order valence-corrected chi connectivity index (χ1v) is 7.16. The lowest BCUT2D eigenvalue weighted by Crippen LogP contribution is -2.38. The summed E-state index contributed by atoms with van der Waals surface area (Å²) >= 11 is 0. The summed E-state index contributed by atoms with van der Waals surface area (Å²) in [5, 5.41) is 11.0. The summed E-state index contributed by atoms with van der Waals surface area (Å²) in [4.78, 5) is 14.6. The van der Waals surface area contributed by atoms with Gasteiger partial charge >= 0.3 is 0 Å². The SMILES string of the molecule is C#CCN1CCC(C(=O)Nc2cccc3cn[nH]c23)CC1. The lowest BCUT2D eigenvalue weighted by atomic mass is 9.96. The van der Waals surface area contributed by atoms with E-state index in [4.69, 9.17) is 6.42 Å². The smallest absolute Gasteiger partial charge is 0.227 e.